The molecule has 0 amide bonds. The maximum atomic E-state index is 4.82. The van der Waals surface area contributed by atoms with Crippen LogP contribution in [-0.4, -0.2) is 50.5 Å². The third kappa shape index (κ3) is 4.41. The first-order valence-corrected chi connectivity index (χ1v) is 10.6. The minimum atomic E-state index is 0.477. The Bertz CT molecular complexity index is 703. The monoisotopic (exact) mass is 367 g/mol. The molecule has 0 N–H and O–H groups in total. The molecule has 1 unspecified atom stereocenters. The third-order valence-corrected chi connectivity index (χ3v) is 6.06. The molecule has 0 aliphatic carbocycles. The molecule has 146 valence electrons. The Morgan fingerprint density at radius 2 is 1.96 bits per heavy atom. The molecule has 2 aromatic rings. The van der Waals surface area contributed by atoms with Gasteiger partial charge < -0.3 is 4.57 Å². The quantitative estimate of drug-likeness (QED) is 0.809. The van der Waals surface area contributed by atoms with Crippen LogP contribution in [0.25, 0.3) is 0 Å². The summed E-state index contributed by atoms with van der Waals surface area (Å²) in [4.78, 5) is 14.4. The fraction of sp³-hybridized carbons (Fsp3) is 0.636. The fourth-order valence-electron chi connectivity index (χ4n) is 4.88. The summed E-state index contributed by atoms with van der Waals surface area (Å²) in [6, 6.07) is 4.70. The molecule has 5 heteroatoms. The Labute approximate surface area is 163 Å². The summed E-state index contributed by atoms with van der Waals surface area (Å²) in [5.41, 5.74) is 1.32. The van der Waals surface area contributed by atoms with Gasteiger partial charge in [-0.1, -0.05) is 19.9 Å². The first kappa shape index (κ1) is 18.6. The number of pyridine rings is 1. The van der Waals surface area contributed by atoms with Gasteiger partial charge in [0.05, 0.1) is 6.04 Å². The van der Waals surface area contributed by atoms with Crippen molar-refractivity contribution < 1.29 is 0 Å². The van der Waals surface area contributed by atoms with Crippen LogP contribution in [0.2, 0.25) is 0 Å². The minimum absolute atomic E-state index is 0.477. The van der Waals surface area contributed by atoms with Crippen LogP contribution in [0.1, 0.15) is 50.5 Å². The lowest BCUT2D eigenvalue weighted by Crippen LogP contribution is -2.42. The second-order valence-electron chi connectivity index (χ2n) is 8.64. The Balaban J connectivity index is 1.46. The largest absolute Gasteiger partial charge is 0.334 e. The maximum Gasteiger partial charge on any atom is 0.126 e. The van der Waals surface area contributed by atoms with Crippen LogP contribution in [0.5, 0.6) is 0 Å². The first-order chi connectivity index (χ1) is 13.2. The Morgan fingerprint density at radius 3 is 2.70 bits per heavy atom. The molecule has 27 heavy (non-hydrogen) atoms. The van der Waals surface area contributed by atoms with Crippen LogP contribution in [-0.2, 0) is 13.1 Å². The van der Waals surface area contributed by atoms with Gasteiger partial charge in [-0.15, -0.1) is 0 Å². The number of hydrogen-bond acceptors (Lipinski definition) is 4. The molecule has 0 bridgehead atoms. The number of imidazole rings is 1. The standard InChI is InChI=1S/C22H33N5/c1-18(2)16-27-11-4-10-26-14-9-24-22(26)21(27)20-6-12-25(13-7-20)17-19-5-3-8-23-15-19/h3,5,8-9,14-15,18,20-21H,4,6-7,10-13,16-17H2,1-2H3. The molecule has 0 spiro atoms. The number of piperidine rings is 1. The van der Waals surface area contributed by atoms with Crippen LogP contribution < -0.4 is 0 Å². The zero-order chi connectivity index (χ0) is 18.6. The molecule has 5 nitrogen and oxygen atoms in total. The normalized spacial score (nSPS) is 22.7. The number of aromatic nitrogens is 3. The van der Waals surface area contributed by atoms with Gasteiger partial charge in [0.2, 0.25) is 0 Å². The Kier molecular flexibility index (Phi) is 5.89. The molecule has 1 fully saturated rings. The Hall–Kier alpha value is -1.72. The minimum Gasteiger partial charge on any atom is -0.334 e. The molecular weight excluding hydrogens is 334 g/mol. The van der Waals surface area contributed by atoms with E-state index in [4.69, 9.17) is 4.98 Å². The van der Waals surface area contributed by atoms with Gasteiger partial charge >= 0.3 is 0 Å². The highest BCUT2D eigenvalue weighted by Gasteiger charge is 2.35. The van der Waals surface area contributed by atoms with E-state index in [1.807, 2.05) is 24.7 Å². The van der Waals surface area contributed by atoms with E-state index in [9.17, 15) is 0 Å². The SMILES string of the molecule is CC(C)CN1CCCn2ccnc2C1C1CCN(Cc2cccnc2)CC1. The molecule has 1 atom stereocenters. The average Bonchev–Trinajstić information content (AvgIpc) is 3.05. The van der Waals surface area contributed by atoms with Crippen molar-refractivity contribution in [2.24, 2.45) is 11.8 Å². The zero-order valence-electron chi connectivity index (χ0n) is 16.8. The molecule has 2 aliphatic rings. The maximum absolute atomic E-state index is 4.82. The molecule has 4 rings (SSSR count). The molecular formula is C22H33N5. The fourth-order valence-corrected chi connectivity index (χ4v) is 4.88. The smallest absolute Gasteiger partial charge is 0.126 e. The number of hydrogen-bond donors (Lipinski definition) is 0. The van der Waals surface area contributed by atoms with Crippen molar-refractivity contribution >= 4 is 0 Å². The molecule has 0 saturated carbocycles. The summed E-state index contributed by atoms with van der Waals surface area (Å²) in [7, 11) is 0. The van der Waals surface area contributed by atoms with E-state index in [1.54, 1.807) is 0 Å². The number of fused-ring (bicyclic) bond motifs is 1. The first-order valence-electron chi connectivity index (χ1n) is 10.6. The lowest BCUT2D eigenvalue weighted by molar-refractivity contribution is 0.0742. The van der Waals surface area contributed by atoms with Crippen molar-refractivity contribution in [2.45, 2.75) is 52.2 Å². The lowest BCUT2D eigenvalue weighted by atomic mass is 9.87. The van der Waals surface area contributed by atoms with Crippen molar-refractivity contribution in [3.8, 4) is 0 Å². The highest BCUT2D eigenvalue weighted by Crippen LogP contribution is 2.37. The summed E-state index contributed by atoms with van der Waals surface area (Å²) in [6.45, 7) is 11.5. The zero-order valence-corrected chi connectivity index (χ0v) is 16.8. The van der Waals surface area contributed by atoms with Crippen LogP contribution >= 0.6 is 0 Å². The van der Waals surface area contributed by atoms with Crippen LogP contribution in [0.15, 0.2) is 36.9 Å². The molecule has 0 radical (unpaired) electrons. The summed E-state index contributed by atoms with van der Waals surface area (Å²) < 4.78 is 2.41. The van der Waals surface area contributed by atoms with E-state index in [2.05, 4.69) is 45.5 Å². The van der Waals surface area contributed by atoms with Gasteiger partial charge in [0.25, 0.3) is 0 Å². The molecule has 2 aliphatic heterocycles. The van der Waals surface area contributed by atoms with Crippen molar-refractivity contribution in [2.75, 3.05) is 26.2 Å². The topological polar surface area (TPSA) is 37.2 Å². The highest BCUT2D eigenvalue weighted by atomic mass is 15.2. The van der Waals surface area contributed by atoms with Crippen LogP contribution in [0.4, 0.5) is 0 Å². The molecule has 1 saturated heterocycles. The van der Waals surface area contributed by atoms with E-state index >= 15 is 0 Å². The third-order valence-electron chi connectivity index (χ3n) is 6.06. The summed E-state index contributed by atoms with van der Waals surface area (Å²) >= 11 is 0. The molecule has 0 aromatic carbocycles. The Morgan fingerprint density at radius 1 is 1.11 bits per heavy atom. The van der Waals surface area contributed by atoms with Gasteiger partial charge in [0, 0.05) is 51.0 Å². The van der Waals surface area contributed by atoms with Gasteiger partial charge in [-0.3, -0.25) is 14.8 Å². The second kappa shape index (κ2) is 8.53. The predicted octanol–water partition coefficient (Wildman–Crippen LogP) is 3.59. The van der Waals surface area contributed by atoms with Crippen molar-refractivity contribution in [3.05, 3.63) is 48.3 Å². The van der Waals surface area contributed by atoms with E-state index in [-0.39, 0.29) is 0 Å². The van der Waals surface area contributed by atoms with Crippen molar-refractivity contribution in [1.29, 1.82) is 0 Å². The van der Waals surface area contributed by atoms with Crippen LogP contribution in [0, 0.1) is 11.8 Å². The highest BCUT2D eigenvalue weighted by molar-refractivity contribution is 5.09. The molecule has 4 heterocycles. The number of likely N-dealkylation sites (tertiary alicyclic amines) is 1. The molecule has 2 aromatic heterocycles. The number of rotatable bonds is 5. The van der Waals surface area contributed by atoms with Crippen LogP contribution in [0.3, 0.4) is 0 Å². The predicted molar refractivity (Wildman–Crippen MR) is 108 cm³/mol. The summed E-state index contributed by atoms with van der Waals surface area (Å²) in [6.07, 6.45) is 11.8. The van der Waals surface area contributed by atoms with E-state index in [0.717, 1.165) is 13.1 Å². The summed E-state index contributed by atoms with van der Waals surface area (Å²) in [5.74, 6) is 2.70. The number of aryl methyl sites for hydroxylation is 1. The van der Waals surface area contributed by atoms with Crippen molar-refractivity contribution in [1.82, 2.24) is 24.3 Å². The van der Waals surface area contributed by atoms with E-state index in [0.29, 0.717) is 17.9 Å². The van der Waals surface area contributed by atoms with E-state index in [1.165, 1.54) is 56.8 Å². The van der Waals surface area contributed by atoms with Gasteiger partial charge in [-0.25, -0.2) is 4.98 Å². The average molecular weight is 368 g/mol. The lowest BCUT2D eigenvalue weighted by Gasteiger charge is -2.40. The summed E-state index contributed by atoms with van der Waals surface area (Å²) in [5, 5.41) is 0. The second-order valence-corrected chi connectivity index (χ2v) is 8.64. The van der Waals surface area contributed by atoms with Gasteiger partial charge in [0.15, 0.2) is 0 Å². The van der Waals surface area contributed by atoms with E-state index < -0.39 is 0 Å². The van der Waals surface area contributed by atoms with Gasteiger partial charge in [0.1, 0.15) is 5.82 Å². The van der Waals surface area contributed by atoms with Crippen molar-refractivity contribution in [3.63, 3.8) is 0 Å². The van der Waals surface area contributed by atoms with Gasteiger partial charge in [-0.05, 0) is 55.8 Å². The number of nitrogens with zero attached hydrogens (tertiary/aromatic N) is 5. The van der Waals surface area contributed by atoms with Gasteiger partial charge in [-0.2, -0.15) is 0 Å².